The van der Waals surface area contributed by atoms with E-state index in [0.717, 1.165) is 6.42 Å². The van der Waals surface area contributed by atoms with Crippen LogP contribution >= 0.6 is 0 Å². The third kappa shape index (κ3) is 2.36. The summed E-state index contributed by atoms with van der Waals surface area (Å²) < 4.78 is 2.25. The van der Waals surface area contributed by atoms with E-state index in [1.807, 2.05) is 6.07 Å². The van der Waals surface area contributed by atoms with E-state index in [4.69, 9.17) is 0 Å². The summed E-state index contributed by atoms with van der Waals surface area (Å²) in [6.45, 7) is 0. The van der Waals surface area contributed by atoms with E-state index in [0.29, 0.717) is 0 Å². The van der Waals surface area contributed by atoms with Gasteiger partial charge in [0.1, 0.15) is 0 Å². The third-order valence-electron chi connectivity index (χ3n) is 1.18. The standard InChI is InChI=1S/C8H8.Zr/c1-2-8-6-4-3-5-7-8;/h1,3-7H,2H2;/q;+2. The van der Waals surface area contributed by atoms with Gasteiger partial charge in [-0.1, -0.05) is 0 Å². The van der Waals surface area contributed by atoms with E-state index in [2.05, 4.69) is 28.0 Å². The molecule has 0 saturated carbocycles. The summed E-state index contributed by atoms with van der Waals surface area (Å²) in [7, 11) is 0. The van der Waals surface area contributed by atoms with E-state index in [1.165, 1.54) is 29.8 Å². The Labute approximate surface area is 70.2 Å². The van der Waals surface area contributed by atoms with Crippen LogP contribution in [0.25, 0.3) is 0 Å². The fourth-order valence-corrected chi connectivity index (χ4v) is 1.31. The van der Waals surface area contributed by atoms with Crippen molar-refractivity contribution in [3.8, 4) is 0 Å². The van der Waals surface area contributed by atoms with Gasteiger partial charge in [-0.25, -0.2) is 0 Å². The fraction of sp³-hybridized carbons (Fsp3) is 0.125. The summed E-state index contributed by atoms with van der Waals surface area (Å²) in [5.41, 5.74) is 1.41. The Morgan fingerprint density at radius 1 is 1.22 bits per heavy atom. The van der Waals surface area contributed by atoms with Gasteiger partial charge in [0, 0.05) is 0 Å². The SMILES string of the molecule is [Zr+2]=[CH]Cc1ccccc1. The van der Waals surface area contributed by atoms with Gasteiger partial charge in [0.15, 0.2) is 0 Å². The molecule has 0 aliphatic rings. The summed E-state index contributed by atoms with van der Waals surface area (Å²) in [5.74, 6) is 0. The molecule has 0 spiro atoms. The van der Waals surface area contributed by atoms with E-state index in [-0.39, 0.29) is 0 Å². The Bertz CT molecular complexity index is 179. The van der Waals surface area contributed by atoms with E-state index < -0.39 is 0 Å². The van der Waals surface area contributed by atoms with Crippen LogP contribution in [0.2, 0.25) is 0 Å². The Morgan fingerprint density at radius 2 is 1.89 bits per heavy atom. The zero-order valence-electron chi connectivity index (χ0n) is 5.17. The molecule has 0 fully saturated rings. The molecule has 0 atom stereocenters. The molecule has 0 amide bonds. The molecule has 0 aliphatic heterocycles. The molecule has 9 heavy (non-hydrogen) atoms. The molecular formula is C8H8Zr+2. The minimum atomic E-state index is 1.12. The van der Waals surface area contributed by atoms with Gasteiger partial charge in [0.05, 0.1) is 0 Å². The molecule has 0 saturated heterocycles. The van der Waals surface area contributed by atoms with Gasteiger partial charge in [-0.3, -0.25) is 0 Å². The van der Waals surface area contributed by atoms with Crippen molar-refractivity contribution in [2.24, 2.45) is 0 Å². The molecule has 0 unspecified atom stereocenters. The third-order valence-corrected chi connectivity index (χ3v) is 1.68. The van der Waals surface area contributed by atoms with Gasteiger partial charge < -0.3 is 0 Å². The molecule has 0 radical (unpaired) electrons. The number of rotatable bonds is 2. The minimum absolute atomic E-state index is 1.12. The van der Waals surface area contributed by atoms with Crippen molar-refractivity contribution in [3.05, 3.63) is 35.9 Å². The van der Waals surface area contributed by atoms with Crippen LogP contribution in [0.1, 0.15) is 5.56 Å². The Hall–Kier alpha value is -0.0269. The maximum absolute atomic E-state index is 2.25. The molecule has 1 rings (SSSR count). The van der Waals surface area contributed by atoms with Gasteiger partial charge in [-0.2, -0.15) is 0 Å². The molecule has 1 aromatic rings. The molecule has 0 heterocycles. The molecule has 0 bridgehead atoms. The maximum atomic E-state index is 2.25. The van der Waals surface area contributed by atoms with Gasteiger partial charge in [-0.05, 0) is 0 Å². The number of hydrogen-bond donors (Lipinski definition) is 0. The van der Waals surface area contributed by atoms with Crippen molar-refractivity contribution < 1.29 is 24.2 Å². The molecule has 0 aromatic heterocycles. The summed E-state index contributed by atoms with van der Waals surface area (Å²) in [6, 6.07) is 10.5. The molecule has 1 heteroatoms. The van der Waals surface area contributed by atoms with Crippen molar-refractivity contribution in [1.82, 2.24) is 0 Å². The van der Waals surface area contributed by atoms with Gasteiger partial charge in [0.2, 0.25) is 0 Å². The molecule has 0 aliphatic carbocycles. The fourth-order valence-electron chi connectivity index (χ4n) is 0.732. The first-order chi connectivity index (χ1) is 4.43. The molecule has 0 nitrogen and oxygen atoms in total. The average molecular weight is 195 g/mol. The van der Waals surface area contributed by atoms with E-state index in [1.54, 1.807) is 0 Å². The van der Waals surface area contributed by atoms with Crippen LogP contribution in [0.3, 0.4) is 0 Å². The second kappa shape index (κ2) is 3.90. The topological polar surface area (TPSA) is 0 Å². The first-order valence-corrected chi connectivity index (χ1v) is 4.38. The van der Waals surface area contributed by atoms with Crippen molar-refractivity contribution in [2.75, 3.05) is 0 Å². The van der Waals surface area contributed by atoms with Gasteiger partial charge >= 0.3 is 70.3 Å². The van der Waals surface area contributed by atoms with Crippen molar-refractivity contribution in [3.63, 3.8) is 0 Å². The van der Waals surface area contributed by atoms with Crippen LogP contribution < -0.4 is 0 Å². The second-order valence-electron chi connectivity index (χ2n) is 1.89. The van der Waals surface area contributed by atoms with Crippen LogP contribution in [-0.4, -0.2) is 3.71 Å². The predicted octanol–water partition coefficient (Wildman–Crippen LogP) is 1.58. The second-order valence-corrected chi connectivity index (χ2v) is 2.90. The summed E-state index contributed by atoms with van der Waals surface area (Å²) >= 11 is 1.51. The zero-order valence-corrected chi connectivity index (χ0v) is 7.63. The van der Waals surface area contributed by atoms with Gasteiger partial charge in [-0.15, -0.1) is 0 Å². The quantitative estimate of drug-likeness (QED) is 0.672. The molecular weight excluding hydrogens is 187 g/mol. The van der Waals surface area contributed by atoms with Gasteiger partial charge in [0.25, 0.3) is 0 Å². The molecule has 42 valence electrons. The van der Waals surface area contributed by atoms with Crippen LogP contribution in [0, 0.1) is 0 Å². The Morgan fingerprint density at radius 3 is 2.44 bits per heavy atom. The Balaban J connectivity index is 2.72. The van der Waals surface area contributed by atoms with Crippen LogP contribution in [0.4, 0.5) is 0 Å². The zero-order chi connectivity index (χ0) is 6.53. The normalized spacial score (nSPS) is 9.11. The summed E-state index contributed by atoms with van der Waals surface area (Å²) in [4.78, 5) is 0. The molecule has 1 aromatic carbocycles. The van der Waals surface area contributed by atoms with Crippen LogP contribution in [-0.2, 0) is 30.7 Å². The van der Waals surface area contributed by atoms with Crippen molar-refractivity contribution in [1.29, 1.82) is 0 Å². The number of benzene rings is 1. The monoisotopic (exact) mass is 194 g/mol. The molecule has 0 N–H and O–H groups in total. The first-order valence-electron chi connectivity index (χ1n) is 2.96. The number of hydrogen-bond acceptors (Lipinski definition) is 0. The van der Waals surface area contributed by atoms with E-state index >= 15 is 0 Å². The van der Waals surface area contributed by atoms with E-state index in [9.17, 15) is 0 Å². The average Bonchev–Trinajstić information content (AvgIpc) is 1.91. The predicted molar refractivity (Wildman–Crippen MR) is 36.2 cm³/mol. The van der Waals surface area contributed by atoms with Crippen molar-refractivity contribution >= 4 is 3.71 Å². The summed E-state index contributed by atoms with van der Waals surface area (Å²) in [6.07, 6.45) is 1.12. The first kappa shape index (κ1) is 7.08. The van der Waals surface area contributed by atoms with Crippen molar-refractivity contribution in [2.45, 2.75) is 6.42 Å². The Kier molecular flexibility index (Phi) is 3.07. The van der Waals surface area contributed by atoms with Crippen LogP contribution in [0.5, 0.6) is 0 Å². The van der Waals surface area contributed by atoms with Crippen LogP contribution in [0.15, 0.2) is 30.3 Å². The summed E-state index contributed by atoms with van der Waals surface area (Å²) in [5, 5.41) is 0.